The van der Waals surface area contributed by atoms with Crippen molar-refractivity contribution >= 4 is 6.08 Å². The Hall–Kier alpha value is -2.06. The predicted molar refractivity (Wildman–Crippen MR) is 96.8 cm³/mol. The average Bonchev–Trinajstić information content (AvgIpc) is 2.55. The predicted octanol–water partition coefficient (Wildman–Crippen LogP) is 4.47. The van der Waals surface area contributed by atoms with Gasteiger partial charge >= 0.3 is 0 Å². The van der Waals surface area contributed by atoms with E-state index >= 15 is 0 Å². The van der Waals surface area contributed by atoms with Gasteiger partial charge in [0.25, 0.3) is 0 Å². The first kappa shape index (κ1) is 15.8. The summed E-state index contributed by atoms with van der Waals surface area (Å²) in [6, 6.07) is 15.2. The topological polar surface area (TPSA) is 12.5 Å². The summed E-state index contributed by atoms with van der Waals surface area (Å²) < 4.78 is 5.76. The van der Waals surface area contributed by atoms with E-state index in [-0.39, 0.29) is 0 Å². The molecule has 1 aliphatic rings. The third-order valence-electron chi connectivity index (χ3n) is 4.20. The van der Waals surface area contributed by atoms with Gasteiger partial charge in [-0.05, 0) is 49.6 Å². The number of rotatable bonds is 5. The average molecular weight is 307 g/mol. The van der Waals surface area contributed by atoms with Crippen molar-refractivity contribution in [3.63, 3.8) is 0 Å². The number of nitrogens with zero attached hydrogens (tertiary/aromatic N) is 1. The van der Waals surface area contributed by atoms with Crippen molar-refractivity contribution in [2.45, 2.75) is 26.3 Å². The van der Waals surface area contributed by atoms with Crippen LogP contribution < -0.4 is 4.74 Å². The van der Waals surface area contributed by atoms with Crippen molar-refractivity contribution in [1.82, 2.24) is 4.90 Å². The molecule has 120 valence electrons. The highest BCUT2D eigenvalue weighted by Crippen LogP contribution is 2.26. The summed E-state index contributed by atoms with van der Waals surface area (Å²) in [6.07, 6.45) is 6.70. The maximum atomic E-state index is 5.76. The molecule has 23 heavy (non-hydrogen) atoms. The lowest BCUT2D eigenvalue weighted by molar-refractivity contribution is 0.287. The Balaban J connectivity index is 1.56. The van der Waals surface area contributed by atoms with Crippen molar-refractivity contribution in [3.05, 3.63) is 70.8 Å². The van der Waals surface area contributed by atoms with E-state index in [1.54, 1.807) is 0 Å². The summed E-state index contributed by atoms with van der Waals surface area (Å²) in [6.45, 7) is 4.85. The van der Waals surface area contributed by atoms with Crippen LogP contribution in [0.5, 0.6) is 5.75 Å². The minimum Gasteiger partial charge on any atom is -0.493 e. The van der Waals surface area contributed by atoms with Crippen molar-refractivity contribution < 1.29 is 4.74 Å². The summed E-state index contributed by atoms with van der Waals surface area (Å²) in [5.74, 6) is 1.08. The van der Waals surface area contributed by atoms with E-state index in [1.165, 1.54) is 22.3 Å². The van der Waals surface area contributed by atoms with Crippen LogP contribution in [0.1, 0.15) is 28.7 Å². The molecule has 2 aromatic rings. The Kier molecular flexibility index (Phi) is 5.14. The van der Waals surface area contributed by atoms with Crippen LogP contribution in [0.4, 0.5) is 0 Å². The van der Waals surface area contributed by atoms with E-state index in [4.69, 9.17) is 4.74 Å². The van der Waals surface area contributed by atoms with Crippen molar-refractivity contribution in [1.29, 1.82) is 0 Å². The molecule has 0 radical (unpaired) electrons. The van der Waals surface area contributed by atoms with Gasteiger partial charge in [-0.25, -0.2) is 0 Å². The highest BCUT2D eigenvalue weighted by atomic mass is 16.5. The zero-order chi connectivity index (χ0) is 16.1. The van der Waals surface area contributed by atoms with Crippen LogP contribution in [0.3, 0.4) is 0 Å². The molecule has 0 unspecified atom stereocenters. The summed E-state index contributed by atoms with van der Waals surface area (Å²) in [7, 11) is 2.15. The lowest BCUT2D eigenvalue weighted by Gasteiger charge is -2.20. The smallest absolute Gasteiger partial charge is 0.122 e. The van der Waals surface area contributed by atoms with E-state index < -0.39 is 0 Å². The second-order valence-electron chi connectivity index (χ2n) is 6.41. The molecular weight excluding hydrogens is 282 g/mol. The largest absolute Gasteiger partial charge is 0.493 e. The third kappa shape index (κ3) is 4.46. The van der Waals surface area contributed by atoms with Gasteiger partial charge in [0, 0.05) is 13.1 Å². The van der Waals surface area contributed by atoms with Crippen LogP contribution in [-0.4, -0.2) is 25.1 Å². The first-order chi connectivity index (χ1) is 11.2. The van der Waals surface area contributed by atoms with Gasteiger partial charge < -0.3 is 4.74 Å². The van der Waals surface area contributed by atoms with Crippen LogP contribution >= 0.6 is 0 Å². The van der Waals surface area contributed by atoms with Gasteiger partial charge in [0.1, 0.15) is 5.75 Å². The fourth-order valence-electron chi connectivity index (χ4n) is 3.00. The molecule has 0 aromatic heterocycles. The maximum absolute atomic E-state index is 5.76. The fourth-order valence-corrected chi connectivity index (χ4v) is 3.00. The Labute approximate surface area is 139 Å². The number of benzene rings is 2. The Morgan fingerprint density at radius 2 is 2.09 bits per heavy atom. The van der Waals surface area contributed by atoms with Crippen LogP contribution in [0, 0.1) is 6.92 Å². The Morgan fingerprint density at radius 3 is 2.96 bits per heavy atom. The molecule has 0 N–H and O–H groups in total. The molecule has 2 aromatic carbocycles. The van der Waals surface area contributed by atoms with Gasteiger partial charge in [0.2, 0.25) is 0 Å². The third-order valence-corrected chi connectivity index (χ3v) is 4.20. The van der Waals surface area contributed by atoms with Gasteiger partial charge in [-0.2, -0.15) is 0 Å². The zero-order valence-electron chi connectivity index (χ0n) is 14.1. The molecule has 2 nitrogen and oxygen atoms in total. The second kappa shape index (κ2) is 7.47. The van der Waals surface area contributed by atoms with Gasteiger partial charge in [-0.3, -0.25) is 4.90 Å². The molecule has 0 bridgehead atoms. The molecule has 3 rings (SSSR count). The Bertz CT molecular complexity index is 690. The molecule has 2 heteroatoms. The molecule has 1 aliphatic heterocycles. The summed E-state index contributed by atoms with van der Waals surface area (Å²) in [4.78, 5) is 2.32. The monoisotopic (exact) mass is 307 g/mol. The SMILES string of the molecule is Cc1cccc(C=CCN(C)Cc2ccc3c(c2)OCCC3)c1. The number of hydrogen-bond donors (Lipinski definition) is 0. The fraction of sp³-hybridized carbons (Fsp3) is 0.333. The van der Waals surface area contributed by atoms with Crippen LogP contribution in [-0.2, 0) is 13.0 Å². The lowest BCUT2D eigenvalue weighted by Crippen LogP contribution is -2.18. The highest BCUT2D eigenvalue weighted by Gasteiger charge is 2.10. The first-order valence-corrected chi connectivity index (χ1v) is 8.37. The normalized spacial score (nSPS) is 14.0. The second-order valence-corrected chi connectivity index (χ2v) is 6.41. The molecule has 0 aliphatic carbocycles. The van der Waals surface area contributed by atoms with E-state index in [0.29, 0.717) is 0 Å². The molecule has 0 saturated heterocycles. The standard InChI is InChI=1S/C21H25NO/c1-17-6-3-7-18(14-17)8-4-12-22(2)16-19-10-11-20-9-5-13-23-21(20)15-19/h3-4,6-8,10-11,14-15H,5,9,12-13,16H2,1-2H3. The minimum absolute atomic E-state index is 0.853. The summed E-state index contributed by atoms with van der Waals surface area (Å²) in [5, 5.41) is 0. The van der Waals surface area contributed by atoms with E-state index in [9.17, 15) is 0 Å². The zero-order valence-corrected chi connectivity index (χ0v) is 14.1. The minimum atomic E-state index is 0.853. The van der Waals surface area contributed by atoms with Crippen molar-refractivity contribution in [2.24, 2.45) is 0 Å². The van der Waals surface area contributed by atoms with Crippen molar-refractivity contribution in [3.8, 4) is 5.75 Å². The summed E-state index contributed by atoms with van der Waals surface area (Å²) in [5.41, 5.74) is 5.23. The van der Waals surface area contributed by atoms with Crippen LogP contribution in [0.2, 0.25) is 0 Å². The number of hydrogen-bond acceptors (Lipinski definition) is 2. The molecule has 0 fully saturated rings. The molecular formula is C21H25NO. The van der Waals surface area contributed by atoms with Gasteiger partial charge in [-0.15, -0.1) is 0 Å². The number of fused-ring (bicyclic) bond motifs is 1. The van der Waals surface area contributed by atoms with E-state index in [0.717, 1.165) is 38.3 Å². The van der Waals surface area contributed by atoms with Crippen LogP contribution in [0.25, 0.3) is 6.08 Å². The number of likely N-dealkylation sites (N-methyl/N-ethyl adjacent to an activating group) is 1. The Morgan fingerprint density at radius 1 is 1.17 bits per heavy atom. The van der Waals surface area contributed by atoms with E-state index in [2.05, 4.69) is 73.5 Å². The van der Waals surface area contributed by atoms with Crippen LogP contribution in [0.15, 0.2) is 48.5 Å². The number of ether oxygens (including phenoxy) is 1. The first-order valence-electron chi connectivity index (χ1n) is 8.37. The molecule has 0 atom stereocenters. The van der Waals surface area contributed by atoms with E-state index in [1.807, 2.05) is 0 Å². The van der Waals surface area contributed by atoms with Gasteiger partial charge in [-0.1, -0.05) is 54.1 Å². The molecule has 0 amide bonds. The van der Waals surface area contributed by atoms with Gasteiger partial charge in [0.15, 0.2) is 0 Å². The summed E-state index contributed by atoms with van der Waals surface area (Å²) >= 11 is 0. The highest BCUT2D eigenvalue weighted by molar-refractivity contribution is 5.50. The molecule has 0 spiro atoms. The lowest BCUT2D eigenvalue weighted by atomic mass is 10.0. The van der Waals surface area contributed by atoms with Crippen molar-refractivity contribution in [2.75, 3.05) is 20.2 Å². The quantitative estimate of drug-likeness (QED) is 0.808. The molecule has 0 saturated carbocycles. The molecule has 1 heterocycles. The van der Waals surface area contributed by atoms with Gasteiger partial charge in [0.05, 0.1) is 6.61 Å². The maximum Gasteiger partial charge on any atom is 0.122 e. The number of aryl methyl sites for hydroxylation is 2.